The van der Waals surface area contributed by atoms with Crippen molar-refractivity contribution in [2.24, 2.45) is 5.73 Å². The second-order valence-corrected chi connectivity index (χ2v) is 18.2. The van der Waals surface area contributed by atoms with Crippen molar-refractivity contribution < 1.29 is 33.7 Å². The molecule has 8 aromatic rings. The smallest absolute Gasteiger partial charge is 0.336 e. The van der Waals surface area contributed by atoms with E-state index in [9.17, 15) is 14.4 Å². The van der Waals surface area contributed by atoms with E-state index in [0.29, 0.717) is 79.6 Å². The first-order valence-electron chi connectivity index (χ1n) is 21.1. The van der Waals surface area contributed by atoms with E-state index in [0.717, 1.165) is 25.6 Å². The standard InChI is InChI=1S/C21H21BrN2O2.C11H7BrClNO2.C11H8BrNO3.C9H14N2/c1-24(2)15-7-4-14(5-8-15)6-10-18(25)16-12-13-23-21-19(26-3)11-9-17(22)20(16)21;1-16-8-3-2-7(12)9-6(11(13)15)4-5-14-10(8)9;1-16-8-3-2-7(12)9-6(11(14)15)4-5-13-10(8)9;1-11(2)9-5-3-8(7-10)4-6-9/h4-5,7-9,11-13H,6,10H2,1-3H3;2-5H,1H3;2-5H,1H3,(H,14,15);3-6H,7,10H2,1-2H3. The number of rotatable bonds is 12. The van der Waals surface area contributed by atoms with Crippen LogP contribution in [0.1, 0.15) is 48.6 Å². The van der Waals surface area contributed by atoms with Crippen molar-refractivity contribution in [3.63, 3.8) is 0 Å². The van der Waals surface area contributed by atoms with E-state index in [1.54, 1.807) is 56.8 Å². The molecular weight excluding hydrogens is 1100 g/mol. The fourth-order valence-electron chi connectivity index (χ4n) is 6.96. The van der Waals surface area contributed by atoms with E-state index in [1.807, 2.05) is 40.3 Å². The van der Waals surface area contributed by atoms with E-state index in [4.69, 9.17) is 36.7 Å². The van der Waals surface area contributed by atoms with Crippen LogP contribution >= 0.6 is 59.4 Å². The van der Waals surface area contributed by atoms with Crippen LogP contribution < -0.4 is 29.7 Å². The second kappa shape index (κ2) is 25.4. The van der Waals surface area contributed by atoms with Crippen molar-refractivity contribution in [3.8, 4) is 17.2 Å². The molecule has 3 aromatic heterocycles. The molecule has 0 atom stereocenters. The Morgan fingerprint density at radius 2 is 0.913 bits per heavy atom. The number of hydrogen-bond acceptors (Lipinski definition) is 12. The molecule has 69 heavy (non-hydrogen) atoms. The lowest BCUT2D eigenvalue weighted by molar-refractivity contribution is 0.0698. The Kier molecular flexibility index (Phi) is 19.8. The third-order valence-electron chi connectivity index (χ3n) is 10.6. The van der Waals surface area contributed by atoms with Crippen LogP contribution in [-0.4, -0.2) is 86.6 Å². The van der Waals surface area contributed by atoms with Gasteiger partial charge in [0.15, 0.2) is 5.78 Å². The number of aromatic nitrogens is 3. The lowest BCUT2D eigenvalue weighted by Gasteiger charge is -2.13. The molecule has 0 saturated carbocycles. The van der Waals surface area contributed by atoms with Gasteiger partial charge in [0.25, 0.3) is 5.24 Å². The number of aromatic carboxylic acids is 1. The van der Waals surface area contributed by atoms with Crippen LogP contribution in [0.5, 0.6) is 17.2 Å². The molecule has 0 aliphatic heterocycles. The largest absolute Gasteiger partial charge is 0.494 e. The zero-order chi connectivity index (χ0) is 50.4. The van der Waals surface area contributed by atoms with Crippen LogP contribution in [0.15, 0.2) is 135 Å². The van der Waals surface area contributed by atoms with E-state index < -0.39 is 11.2 Å². The summed E-state index contributed by atoms with van der Waals surface area (Å²) in [5.41, 5.74) is 13.3. The average molecular weight is 1150 g/mol. The second-order valence-electron chi connectivity index (χ2n) is 15.3. The molecule has 5 aromatic carbocycles. The molecule has 0 spiro atoms. The number of hydrogen-bond donors (Lipinski definition) is 2. The molecule has 0 aliphatic rings. The van der Waals surface area contributed by atoms with E-state index in [1.165, 1.54) is 36.8 Å². The Morgan fingerprint density at radius 1 is 0.551 bits per heavy atom. The van der Waals surface area contributed by atoms with Gasteiger partial charge in [0.2, 0.25) is 0 Å². The molecule has 0 aliphatic carbocycles. The number of Topliss-reactive ketones (excluding diaryl/α,β-unsaturated/α-hetero) is 1. The number of aryl methyl sites for hydroxylation is 1. The summed E-state index contributed by atoms with van der Waals surface area (Å²) in [7, 11) is 12.8. The van der Waals surface area contributed by atoms with Gasteiger partial charge in [-0.05, 0) is 108 Å². The summed E-state index contributed by atoms with van der Waals surface area (Å²) in [5, 5.41) is 10.6. The average Bonchev–Trinajstić information content (AvgIpc) is 3.36. The van der Waals surface area contributed by atoms with Crippen LogP contribution in [0.2, 0.25) is 0 Å². The highest BCUT2D eigenvalue weighted by Gasteiger charge is 2.18. The topological polar surface area (TPSA) is 170 Å². The molecule has 0 saturated heterocycles. The van der Waals surface area contributed by atoms with Crippen molar-refractivity contribution in [2.45, 2.75) is 19.4 Å². The fourth-order valence-corrected chi connectivity index (χ4v) is 8.71. The van der Waals surface area contributed by atoms with Crippen molar-refractivity contribution in [2.75, 3.05) is 59.3 Å². The maximum atomic E-state index is 12.9. The Labute approximate surface area is 431 Å². The minimum atomic E-state index is -0.985. The highest BCUT2D eigenvalue weighted by atomic mass is 79.9. The molecule has 0 bridgehead atoms. The Bertz CT molecular complexity index is 2980. The summed E-state index contributed by atoms with van der Waals surface area (Å²) < 4.78 is 18.0. The van der Waals surface area contributed by atoms with Gasteiger partial charge in [-0.25, -0.2) is 4.79 Å². The van der Waals surface area contributed by atoms with Crippen molar-refractivity contribution >= 4 is 120 Å². The highest BCUT2D eigenvalue weighted by molar-refractivity contribution is 9.11. The van der Waals surface area contributed by atoms with Gasteiger partial charge in [0.1, 0.15) is 33.8 Å². The summed E-state index contributed by atoms with van der Waals surface area (Å²) in [4.78, 5) is 52.1. The number of methoxy groups -OCH3 is 3. The van der Waals surface area contributed by atoms with Gasteiger partial charge in [0.05, 0.1) is 26.9 Å². The molecule has 3 heterocycles. The normalized spacial score (nSPS) is 10.4. The number of nitrogens with zero attached hydrogens (tertiary/aromatic N) is 5. The first kappa shape index (κ1) is 53.8. The van der Waals surface area contributed by atoms with E-state index >= 15 is 0 Å². The number of ketones is 1. The highest BCUT2D eigenvalue weighted by Crippen LogP contribution is 2.35. The maximum Gasteiger partial charge on any atom is 0.336 e. The predicted octanol–water partition coefficient (Wildman–Crippen LogP) is 12.2. The van der Waals surface area contributed by atoms with E-state index in [-0.39, 0.29) is 11.3 Å². The van der Waals surface area contributed by atoms with Gasteiger partial charge in [0, 0.05) is 112 Å². The number of carboxylic acids is 1. The van der Waals surface area contributed by atoms with Crippen LogP contribution in [0, 0.1) is 0 Å². The number of halogens is 4. The fraction of sp³-hybridized carbons (Fsp3) is 0.192. The third kappa shape index (κ3) is 13.5. The Hall–Kier alpha value is -6.17. The van der Waals surface area contributed by atoms with Gasteiger partial charge in [-0.1, -0.05) is 72.1 Å². The molecule has 358 valence electrons. The summed E-state index contributed by atoms with van der Waals surface area (Å²) in [6.45, 7) is 0.619. The van der Waals surface area contributed by atoms with Crippen LogP contribution in [0.4, 0.5) is 11.4 Å². The molecule has 13 nitrogen and oxygen atoms in total. The molecular formula is C52H50Br3ClN6O7. The van der Waals surface area contributed by atoms with Gasteiger partial charge < -0.3 is 34.9 Å². The molecule has 8 rings (SSSR count). The number of nitrogens with two attached hydrogens (primary N) is 1. The number of ether oxygens (including phenoxy) is 3. The summed E-state index contributed by atoms with van der Waals surface area (Å²) in [6, 6.07) is 32.2. The number of anilines is 2. The lowest BCUT2D eigenvalue weighted by Crippen LogP contribution is -2.08. The molecule has 17 heteroatoms. The van der Waals surface area contributed by atoms with Gasteiger partial charge in [-0.2, -0.15) is 0 Å². The Balaban J connectivity index is 0.000000180. The molecule has 0 unspecified atom stereocenters. The number of pyridine rings is 3. The molecule has 3 N–H and O–H groups in total. The van der Waals surface area contributed by atoms with Crippen molar-refractivity contribution in [1.82, 2.24) is 15.0 Å². The van der Waals surface area contributed by atoms with Gasteiger partial charge in [-0.15, -0.1) is 0 Å². The molecule has 0 amide bonds. The first-order valence-corrected chi connectivity index (χ1v) is 23.8. The predicted molar refractivity (Wildman–Crippen MR) is 287 cm³/mol. The number of benzene rings is 5. The lowest BCUT2D eigenvalue weighted by atomic mass is 9.99. The number of carboxylic acid groups (broad SMARTS) is 1. The molecule has 0 radical (unpaired) electrons. The Morgan fingerprint density at radius 3 is 1.28 bits per heavy atom. The van der Waals surface area contributed by atoms with Gasteiger partial charge in [-0.3, -0.25) is 24.5 Å². The minimum Gasteiger partial charge on any atom is -0.494 e. The zero-order valence-electron chi connectivity index (χ0n) is 38.9. The molecule has 0 fully saturated rings. The van der Waals surface area contributed by atoms with Crippen LogP contribution in [-0.2, 0) is 13.0 Å². The SMILES string of the molecule is CN(C)c1ccc(CN)cc1.COc1ccc(Br)c2c(C(=O)CCc3ccc(N(C)C)cc3)ccnc12.COc1ccc(Br)c2c(C(=O)Cl)ccnc12.COc1ccc(Br)c2c(C(=O)O)ccnc12. The third-order valence-corrected chi connectivity index (χ3v) is 12.8. The van der Waals surface area contributed by atoms with Crippen LogP contribution in [0.3, 0.4) is 0 Å². The minimum absolute atomic E-state index is 0.100. The van der Waals surface area contributed by atoms with Crippen molar-refractivity contribution in [1.29, 1.82) is 0 Å². The van der Waals surface area contributed by atoms with Crippen LogP contribution in [0.25, 0.3) is 32.7 Å². The number of carbonyl (C=O) groups excluding carboxylic acids is 2. The van der Waals surface area contributed by atoms with Gasteiger partial charge >= 0.3 is 5.97 Å². The number of fused-ring (bicyclic) bond motifs is 3. The summed E-state index contributed by atoms with van der Waals surface area (Å²) in [5.74, 6) is 0.945. The monoisotopic (exact) mass is 1140 g/mol. The van der Waals surface area contributed by atoms with E-state index in [2.05, 4.69) is 121 Å². The van der Waals surface area contributed by atoms with Crippen molar-refractivity contribution in [3.05, 3.63) is 163 Å². The maximum absolute atomic E-state index is 12.9. The quantitative estimate of drug-likeness (QED) is 0.0876. The number of carbonyl (C=O) groups is 3. The zero-order valence-corrected chi connectivity index (χ0v) is 44.4. The summed E-state index contributed by atoms with van der Waals surface area (Å²) in [6.07, 6.45) is 5.81. The first-order chi connectivity index (χ1) is 33.0. The summed E-state index contributed by atoms with van der Waals surface area (Å²) >= 11 is 15.8.